The lowest BCUT2D eigenvalue weighted by molar-refractivity contribution is -0.134. The van der Waals surface area contributed by atoms with Gasteiger partial charge in [-0.15, -0.1) is 0 Å². The van der Waals surface area contributed by atoms with Crippen molar-refractivity contribution in [1.29, 1.82) is 0 Å². The van der Waals surface area contributed by atoms with Gasteiger partial charge in [0, 0.05) is 42.0 Å². The molecule has 6 rings (SSSR count). The first-order valence-corrected chi connectivity index (χ1v) is 13.1. The van der Waals surface area contributed by atoms with Crippen molar-refractivity contribution < 1.29 is 31.5 Å². The van der Waals surface area contributed by atoms with Crippen LogP contribution >= 0.6 is 0 Å². The fourth-order valence-corrected chi connectivity index (χ4v) is 5.23. The normalized spacial score (nSPS) is 14.7. The van der Waals surface area contributed by atoms with Crippen molar-refractivity contribution >= 4 is 38.9 Å². The van der Waals surface area contributed by atoms with Gasteiger partial charge >= 0.3 is 6.18 Å². The summed E-state index contributed by atoms with van der Waals surface area (Å²) in [5, 5.41) is 3.81. The highest BCUT2D eigenvalue weighted by Crippen LogP contribution is 2.45. The van der Waals surface area contributed by atoms with E-state index in [1.54, 1.807) is 37.4 Å². The van der Waals surface area contributed by atoms with Crippen LogP contribution in [0.5, 0.6) is 0 Å². The van der Waals surface area contributed by atoms with Gasteiger partial charge < -0.3 is 19.5 Å². The summed E-state index contributed by atoms with van der Waals surface area (Å²) in [6.07, 6.45) is -4.08. The number of H-pyrrole nitrogens is 1. The van der Waals surface area contributed by atoms with Crippen LogP contribution in [0.2, 0.25) is 0 Å². The second-order valence-electron chi connectivity index (χ2n) is 10.6. The van der Waals surface area contributed by atoms with Gasteiger partial charge in [-0.05, 0) is 61.2 Å². The number of aryl methyl sites for hydroxylation is 1. The van der Waals surface area contributed by atoms with Crippen LogP contribution in [0.1, 0.15) is 35.3 Å². The quantitative estimate of drug-likeness (QED) is 0.215. The molecule has 7 nitrogen and oxygen atoms in total. The number of benzene rings is 2. The van der Waals surface area contributed by atoms with Gasteiger partial charge in [-0.3, -0.25) is 9.59 Å². The molecule has 2 aromatic carbocycles. The molecule has 0 saturated heterocycles. The van der Waals surface area contributed by atoms with E-state index in [9.17, 15) is 27.2 Å². The fourth-order valence-electron chi connectivity index (χ4n) is 5.23. The number of alkyl halides is 3. The Hall–Kier alpha value is -4.25. The number of halogens is 4. The lowest BCUT2D eigenvalue weighted by Gasteiger charge is -2.15. The third-order valence-corrected chi connectivity index (χ3v) is 7.58. The summed E-state index contributed by atoms with van der Waals surface area (Å²) in [6, 6.07) is 11.9. The number of rotatable bonds is 8. The molecule has 0 aliphatic heterocycles. The highest BCUT2D eigenvalue weighted by molar-refractivity contribution is 6.13. The maximum Gasteiger partial charge on any atom is 0.389 e. The van der Waals surface area contributed by atoms with E-state index in [0.717, 1.165) is 18.9 Å². The average molecular weight is 568 g/mol. The molecule has 5 aromatic rings. The zero-order chi connectivity index (χ0) is 28.9. The Morgan fingerprint density at radius 2 is 1.95 bits per heavy atom. The summed E-state index contributed by atoms with van der Waals surface area (Å²) in [6.45, 7) is 0.999. The summed E-state index contributed by atoms with van der Waals surface area (Å²) in [4.78, 5) is 33.1. The molecule has 0 bridgehead atoms. The second-order valence-corrected chi connectivity index (χ2v) is 10.6. The fraction of sp³-hybridized carbons (Fsp3) is 0.300. The Morgan fingerprint density at radius 3 is 2.68 bits per heavy atom. The van der Waals surface area contributed by atoms with Crippen molar-refractivity contribution in [3.05, 3.63) is 76.0 Å². The maximum atomic E-state index is 13.8. The largest absolute Gasteiger partial charge is 0.437 e. The van der Waals surface area contributed by atoms with Crippen molar-refractivity contribution in [1.82, 2.24) is 15.3 Å². The van der Waals surface area contributed by atoms with Crippen molar-refractivity contribution in [2.75, 3.05) is 20.3 Å². The van der Waals surface area contributed by atoms with Gasteiger partial charge in [-0.25, -0.2) is 9.37 Å². The predicted octanol–water partition coefficient (Wildman–Crippen LogP) is 6.28. The number of fused-ring (bicyclic) bond motifs is 5. The molecule has 212 valence electrons. The third kappa shape index (κ3) is 5.29. The number of hydrogen-bond acceptors (Lipinski definition) is 5. The smallest absolute Gasteiger partial charge is 0.389 e. The number of pyridine rings is 2. The van der Waals surface area contributed by atoms with Crippen LogP contribution in [-0.4, -0.2) is 42.3 Å². The van der Waals surface area contributed by atoms with Crippen LogP contribution < -0.4 is 10.9 Å². The molecule has 3 aromatic heterocycles. The summed E-state index contributed by atoms with van der Waals surface area (Å²) in [5.74, 6) is -0.864. The zero-order valence-electron chi connectivity index (χ0n) is 22.0. The van der Waals surface area contributed by atoms with Crippen LogP contribution in [0.4, 0.5) is 17.6 Å². The van der Waals surface area contributed by atoms with E-state index >= 15 is 0 Å². The SMILES string of the molecule is COCC1(CNC(=O)c2cccc(-c3cc4c(nc3CCC(F)(F)F)oc3c5ccc(F)cc5[nH]c(=O)c43)c2)CC1. The standard InChI is InChI=1S/C30H25F4N3O4/c1-40-15-29(9-10-29)14-35-26(38)17-4-2-3-16(11-17)20-13-21-24-25(19-6-5-18(31)12-23(19)36-27(24)39)41-28(21)37-22(20)7-8-30(32,33)34/h2-6,11-13H,7-10,14-15H2,1H3,(H,35,38)(H,36,39). The van der Waals surface area contributed by atoms with Crippen molar-refractivity contribution in [3.63, 3.8) is 0 Å². The summed E-state index contributed by atoms with van der Waals surface area (Å²) in [7, 11) is 1.62. The Kier molecular flexibility index (Phi) is 6.56. The highest BCUT2D eigenvalue weighted by atomic mass is 19.4. The van der Waals surface area contributed by atoms with Gasteiger partial charge in [-0.1, -0.05) is 12.1 Å². The molecule has 1 aliphatic carbocycles. The molecule has 41 heavy (non-hydrogen) atoms. The van der Waals surface area contributed by atoms with Gasteiger partial charge in [0.1, 0.15) is 5.82 Å². The first-order valence-electron chi connectivity index (χ1n) is 13.1. The molecule has 0 unspecified atom stereocenters. The minimum Gasteiger partial charge on any atom is -0.437 e. The number of aromatic nitrogens is 2. The molecule has 1 fully saturated rings. The van der Waals surface area contributed by atoms with Crippen molar-refractivity contribution in [2.24, 2.45) is 5.41 Å². The van der Waals surface area contributed by atoms with E-state index in [0.29, 0.717) is 40.6 Å². The average Bonchev–Trinajstić information content (AvgIpc) is 3.59. The molecular weight excluding hydrogens is 542 g/mol. The number of nitrogens with zero attached hydrogens (tertiary/aromatic N) is 1. The Bertz CT molecular complexity index is 1870. The molecule has 0 atom stereocenters. The first-order chi connectivity index (χ1) is 19.6. The van der Waals surface area contributed by atoms with E-state index in [-0.39, 0.29) is 39.2 Å². The number of methoxy groups -OCH3 is 1. The molecule has 2 N–H and O–H groups in total. The number of nitrogens with one attached hydrogen (secondary N) is 2. The van der Waals surface area contributed by atoms with Crippen LogP contribution in [0.25, 0.3) is 44.1 Å². The van der Waals surface area contributed by atoms with Gasteiger partial charge in [0.05, 0.1) is 28.6 Å². The van der Waals surface area contributed by atoms with Crippen molar-refractivity contribution in [3.8, 4) is 11.1 Å². The topological polar surface area (TPSA) is 97.2 Å². The maximum absolute atomic E-state index is 13.8. The number of furan rings is 1. The van der Waals surface area contributed by atoms with E-state index in [2.05, 4.69) is 15.3 Å². The second kappa shape index (κ2) is 9.99. The lowest BCUT2D eigenvalue weighted by Crippen LogP contribution is -2.32. The van der Waals surface area contributed by atoms with E-state index in [4.69, 9.17) is 9.15 Å². The van der Waals surface area contributed by atoms with Gasteiger partial charge in [0.25, 0.3) is 11.5 Å². The number of aromatic amines is 1. The highest BCUT2D eigenvalue weighted by Gasteiger charge is 2.42. The van der Waals surface area contributed by atoms with E-state index < -0.39 is 30.4 Å². The molecule has 0 radical (unpaired) electrons. The Morgan fingerprint density at radius 1 is 1.15 bits per heavy atom. The van der Waals surface area contributed by atoms with E-state index in [1.165, 1.54) is 12.1 Å². The molecule has 3 heterocycles. The van der Waals surface area contributed by atoms with Crippen molar-refractivity contribution in [2.45, 2.75) is 31.9 Å². The van der Waals surface area contributed by atoms with Crippen LogP contribution in [0, 0.1) is 11.2 Å². The van der Waals surface area contributed by atoms with Gasteiger partial charge in [-0.2, -0.15) is 13.2 Å². The van der Waals surface area contributed by atoms with Crippen LogP contribution in [0.15, 0.2) is 57.7 Å². The predicted molar refractivity (Wildman–Crippen MR) is 145 cm³/mol. The molecule has 1 saturated carbocycles. The number of ether oxygens (including phenoxy) is 1. The Labute approximate surface area is 230 Å². The number of carbonyl (C=O) groups is 1. The molecular formula is C30H25F4N3O4. The minimum absolute atomic E-state index is 0.00924. The first kappa shape index (κ1) is 26.9. The molecule has 11 heteroatoms. The van der Waals surface area contributed by atoms with Crippen LogP contribution in [0.3, 0.4) is 0 Å². The minimum atomic E-state index is -4.43. The zero-order valence-corrected chi connectivity index (χ0v) is 22.0. The number of amides is 1. The number of hydrogen-bond donors (Lipinski definition) is 2. The number of carbonyl (C=O) groups excluding carboxylic acids is 1. The third-order valence-electron chi connectivity index (χ3n) is 7.58. The Balaban J connectivity index is 1.45. The molecule has 0 spiro atoms. The summed E-state index contributed by atoms with van der Waals surface area (Å²) >= 11 is 0. The summed E-state index contributed by atoms with van der Waals surface area (Å²) < 4.78 is 64.7. The molecule has 1 aliphatic rings. The van der Waals surface area contributed by atoms with Crippen LogP contribution in [-0.2, 0) is 11.2 Å². The summed E-state index contributed by atoms with van der Waals surface area (Å²) in [5.41, 5.74) is 1.01. The lowest BCUT2D eigenvalue weighted by atomic mass is 9.97. The monoisotopic (exact) mass is 567 g/mol. The van der Waals surface area contributed by atoms with E-state index in [1.807, 2.05) is 0 Å². The molecule has 1 amide bonds. The van der Waals surface area contributed by atoms with Gasteiger partial charge in [0.2, 0.25) is 5.71 Å². The van der Waals surface area contributed by atoms with Gasteiger partial charge in [0.15, 0.2) is 5.58 Å².